The Kier molecular flexibility index (Phi) is 4.25. The molecule has 0 amide bonds. The highest BCUT2D eigenvalue weighted by Gasteiger charge is 2.20. The van der Waals surface area contributed by atoms with E-state index in [-0.39, 0.29) is 11.7 Å². The number of aromatic nitrogens is 5. The highest BCUT2D eigenvalue weighted by Crippen LogP contribution is 2.28. The van der Waals surface area contributed by atoms with Gasteiger partial charge in [0.25, 0.3) is 5.89 Å². The Morgan fingerprint density at radius 3 is 2.67 bits per heavy atom. The van der Waals surface area contributed by atoms with E-state index in [4.69, 9.17) is 26.6 Å². The van der Waals surface area contributed by atoms with Crippen LogP contribution < -0.4 is 10.5 Å². The van der Waals surface area contributed by atoms with Gasteiger partial charge in [0.2, 0.25) is 5.82 Å². The Hall–Kier alpha value is -3.39. The standard InChI is InChI=1S/C18H15ClN6O2/c1-10-3-6-12(19)9-14(10)25-16(20)15(22-24-25)18-21-17(23-27-18)11-4-7-13(26-2)8-5-11/h3-9H,20H2,1-2H3. The van der Waals surface area contributed by atoms with E-state index < -0.39 is 0 Å². The van der Waals surface area contributed by atoms with Crippen molar-refractivity contribution in [2.45, 2.75) is 6.92 Å². The molecule has 27 heavy (non-hydrogen) atoms. The molecule has 4 rings (SSSR count). The van der Waals surface area contributed by atoms with Crippen LogP contribution in [0.4, 0.5) is 5.82 Å². The van der Waals surface area contributed by atoms with E-state index >= 15 is 0 Å². The second-order valence-electron chi connectivity index (χ2n) is 5.82. The van der Waals surface area contributed by atoms with E-state index in [1.54, 1.807) is 19.2 Å². The molecule has 136 valence electrons. The van der Waals surface area contributed by atoms with Crippen molar-refractivity contribution in [1.29, 1.82) is 0 Å². The summed E-state index contributed by atoms with van der Waals surface area (Å²) in [4.78, 5) is 4.37. The minimum atomic E-state index is 0.184. The first-order valence-electron chi connectivity index (χ1n) is 8.03. The predicted molar refractivity (Wildman–Crippen MR) is 101 cm³/mol. The predicted octanol–water partition coefficient (Wildman–Crippen LogP) is 3.54. The summed E-state index contributed by atoms with van der Waals surface area (Å²) in [6.45, 7) is 1.93. The summed E-state index contributed by atoms with van der Waals surface area (Å²) in [5, 5.41) is 12.8. The van der Waals surface area contributed by atoms with Crippen molar-refractivity contribution in [3.05, 3.63) is 53.1 Å². The van der Waals surface area contributed by atoms with E-state index in [2.05, 4.69) is 20.5 Å². The zero-order valence-electron chi connectivity index (χ0n) is 14.5. The number of hydrogen-bond donors (Lipinski definition) is 1. The number of anilines is 1. The average molecular weight is 383 g/mol. The molecular formula is C18H15ClN6O2. The van der Waals surface area contributed by atoms with Crippen LogP contribution in [0.25, 0.3) is 28.7 Å². The van der Waals surface area contributed by atoms with Crippen LogP contribution in [0.15, 0.2) is 47.0 Å². The Morgan fingerprint density at radius 2 is 1.93 bits per heavy atom. The van der Waals surface area contributed by atoms with Gasteiger partial charge in [-0.25, -0.2) is 0 Å². The van der Waals surface area contributed by atoms with Gasteiger partial charge >= 0.3 is 0 Å². The molecule has 0 aliphatic carbocycles. The minimum Gasteiger partial charge on any atom is -0.497 e. The van der Waals surface area contributed by atoms with Crippen LogP contribution in [0, 0.1) is 6.92 Å². The molecule has 0 atom stereocenters. The van der Waals surface area contributed by atoms with Crippen LogP contribution in [0.2, 0.25) is 5.02 Å². The monoisotopic (exact) mass is 382 g/mol. The molecule has 0 bridgehead atoms. The minimum absolute atomic E-state index is 0.184. The lowest BCUT2D eigenvalue weighted by Crippen LogP contribution is -2.04. The van der Waals surface area contributed by atoms with Gasteiger partial charge in [-0.15, -0.1) is 5.10 Å². The van der Waals surface area contributed by atoms with Gasteiger partial charge < -0.3 is 15.0 Å². The first kappa shape index (κ1) is 17.0. The van der Waals surface area contributed by atoms with E-state index in [9.17, 15) is 0 Å². The number of ether oxygens (including phenoxy) is 1. The fourth-order valence-electron chi connectivity index (χ4n) is 2.61. The summed E-state index contributed by atoms with van der Waals surface area (Å²) in [6.07, 6.45) is 0. The van der Waals surface area contributed by atoms with E-state index in [0.29, 0.717) is 16.5 Å². The lowest BCUT2D eigenvalue weighted by atomic mass is 10.2. The van der Waals surface area contributed by atoms with Crippen molar-refractivity contribution in [2.75, 3.05) is 12.8 Å². The first-order valence-corrected chi connectivity index (χ1v) is 8.41. The summed E-state index contributed by atoms with van der Waals surface area (Å²) < 4.78 is 12.0. The molecule has 2 aromatic heterocycles. The van der Waals surface area contributed by atoms with Crippen molar-refractivity contribution in [1.82, 2.24) is 25.1 Å². The van der Waals surface area contributed by atoms with E-state index in [0.717, 1.165) is 22.6 Å². The topological polar surface area (TPSA) is 105 Å². The Balaban J connectivity index is 1.70. The number of rotatable bonds is 4. The third kappa shape index (κ3) is 3.11. The van der Waals surface area contributed by atoms with Gasteiger partial charge in [-0.2, -0.15) is 9.67 Å². The lowest BCUT2D eigenvalue weighted by Gasteiger charge is -2.07. The van der Waals surface area contributed by atoms with Gasteiger partial charge in [-0.05, 0) is 48.9 Å². The molecule has 2 N–H and O–H groups in total. The quantitative estimate of drug-likeness (QED) is 0.575. The van der Waals surface area contributed by atoms with Crippen LogP contribution in [0.3, 0.4) is 0 Å². The highest BCUT2D eigenvalue weighted by molar-refractivity contribution is 6.30. The molecule has 0 saturated carbocycles. The van der Waals surface area contributed by atoms with Gasteiger partial charge in [0.05, 0.1) is 12.8 Å². The van der Waals surface area contributed by atoms with Gasteiger partial charge in [0.1, 0.15) is 5.75 Å². The number of halogens is 1. The van der Waals surface area contributed by atoms with Crippen molar-refractivity contribution < 1.29 is 9.26 Å². The number of methoxy groups -OCH3 is 1. The number of hydrogen-bond acceptors (Lipinski definition) is 7. The molecule has 8 nitrogen and oxygen atoms in total. The summed E-state index contributed by atoms with van der Waals surface area (Å²) in [7, 11) is 1.61. The van der Waals surface area contributed by atoms with Crippen LogP contribution in [-0.4, -0.2) is 32.2 Å². The molecule has 9 heteroatoms. The van der Waals surface area contributed by atoms with Gasteiger partial charge in [0.15, 0.2) is 11.5 Å². The molecule has 2 aromatic carbocycles. The Morgan fingerprint density at radius 1 is 1.15 bits per heavy atom. The molecule has 2 heterocycles. The van der Waals surface area contributed by atoms with Crippen LogP contribution in [0.1, 0.15) is 5.56 Å². The van der Waals surface area contributed by atoms with Crippen LogP contribution in [-0.2, 0) is 0 Å². The maximum absolute atomic E-state index is 6.22. The SMILES string of the molecule is COc1ccc(-c2noc(-c3nnn(-c4cc(Cl)ccc4C)c3N)n2)cc1. The van der Waals surface area contributed by atoms with E-state index in [1.165, 1.54) is 4.68 Å². The summed E-state index contributed by atoms with van der Waals surface area (Å²) in [6, 6.07) is 12.8. The molecule has 4 aromatic rings. The number of aryl methyl sites for hydroxylation is 1. The largest absolute Gasteiger partial charge is 0.497 e. The number of nitrogens with zero attached hydrogens (tertiary/aromatic N) is 5. The van der Waals surface area contributed by atoms with E-state index in [1.807, 2.05) is 37.3 Å². The maximum atomic E-state index is 6.22. The van der Waals surface area contributed by atoms with Crippen LogP contribution in [0.5, 0.6) is 5.75 Å². The molecular weight excluding hydrogens is 368 g/mol. The second-order valence-corrected chi connectivity index (χ2v) is 6.25. The summed E-state index contributed by atoms with van der Waals surface area (Å²) >= 11 is 6.08. The van der Waals surface area contributed by atoms with Crippen molar-refractivity contribution in [2.24, 2.45) is 0 Å². The van der Waals surface area contributed by atoms with Crippen molar-refractivity contribution in [3.63, 3.8) is 0 Å². The smallest absolute Gasteiger partial charge is 0.282 e. The fourth-order valence-corrected chi connectivity index (χ4v) is 2.77. The Labute approximate surface area is 159 Å². The molecule has 0 saturated heterocycles. The third-order valence-electron chi connectivity index (χ3n) is 4.08. The molecule has 0 radical (unpaired) electrons. The molecule has 0 unspecified atom stereocenters. The molecule has 0 fully saturated rings. The van der Waals surface area contributed by atoms with Gasteiger partial charge in [-0.3, -0.25) is 0 Å². The second kappa shape index (κ2) is 6.73. The number of benzene rings is 2. The van der Waals surface area contributed by atoms with Gasteiger partial charge in [0, 0.05) is 10.6 Å². The Bertz CT molecular complexity index is 1100. The average Bonchev–Trinajstić information content (AvgIpc) is 3.30. The third-order valence-corrected chi connectivity index (χ3v) is 4.32. The molecule has 0 aliphatic heterocycles. The first-order chi connectivity index (χ1) is 13.1. The number of nitrogens with two attached hydrogens (primary N) is 1. The zero-order valence-corrected chi connectivity index (χ0v) is 15.3. The maximum Gasteiger partial charge on any atom is 0.282 e. The summed E-state index contributed by atoms with van der Waals surface area (Å²) in [5.74, 6) is 1.63. The van der Waals surface area contributed by atoms with Crippen LogP contribution >= 0.6 is 11.6 Å². The summed E-state index contributed by atoms with van der Waals surface area (Å²) in [5.41, 5.74) is 8.99. The molecule has 0 aliphatic rings. The number of nitrogen functional groups attached to an aromatic ring is 1. The fraction of sp³-hybridized carbons (Fsp3) is 0.111. The van der Waals surface area contributed by atoms with Crippen molar-refractivity contribution >= 4 is 17.4 Å². The zero-order chi connectivity index (χ0) is 19.0. The highest BCUT2D eigenvalue weighted by atomic mass is 35.5. The lowest BCUT2D eigenvalue weighted by molar-refractivity contribution is 0.414. The van der Waals surface area contributed by atoms with Crippen molar-refractivity contribution in [3.8, 4) is 34.4 Å². The normalized spacial score (nSPS) is 10.9. The van der Waals surface area contributed by atoms with Gasteiger partial charge in [-0.1, -0.05) is 28.0 Å². The molecule has 0 spiro atoms.